The fraction of sp³-hybridized carbons (Fsp3) is 0.760. The van der Waals surface area contributed by atoms with Crippen molar-refractivity contribution in [3.05, 3.63) is 22.2 Å². The molecular formula is C25H38Cl2N4O4. The van der Waals surface area contributed by atoms with Crippen LogP contribution in [-0.4, -0.2) is 103 Å². The first kappa shape index (κ1) is 26.7. The van der Waals surface area contributed by atoms with Crippen LogP contribution in [0.25, 0.3) is 0 Å². The smallest absolute Gasteiger partial charge is 0.317 e. The van der Waals surface area contributed by atoms with Crippen LogP contribution in [0.1, 0.15) is 38.5 Å². The van der Waals surface area contributed by atoms with E-state index in [1.165, 1.54) is 0 Å². The van der Waals surface area contributed by atoms with Crippen molar-refractivity contribution < 1.29 is 19.4 Å². The van der Waals surface area contributed by atoms with E-state index >= 15 is 0 Å². The number of allylic oxidation sites excluding steroid dienone is 3. The molecule has 2 heterocycles. The molecule has 1 spiro atoms. The molecule has 8 nitrogen and oxygen atoms in total. The predicted octanol–water partition coefficient (Wildman–Crippen LogP) is 2.75. The Kier molecular flexibility index (Phi) is 9.03. The molecule has 0 aromatic rings. The van der Waals surface area contributed by atoms with E-state index in [0.717, 1.165) is 45.2 Å². The van der Waals surface area contributed by atoms with Gasteiger partial charge in [-0.05, 0) is 50.0 Å². The molecule has 4 aliphatic rings. The molecule has 4 rings (SSSR count). The molecule has 35 heavy (non-hydrogen) atoms. The Balaban J connectivity index is 1.26. The second kappa shape index (κ2) is 11.8. The first-order chi connectivity index (χ1) is 16.8. The van der Waals surface area contributed by atoms with Crippen LogP contribution in [0.5, 0.6) is 0 Å². The standard InChI is InChI=1S/C25H38Cl2N4O4/c1-35-17-19(4-9-29-11-8-25(6-7-25)22(32)16-29)31-13-12-30(10-5-23(31)33)24(34)28-15-18-2-3-20(26)21(27)14-18/h3,14,18-19,22,32H,2,4-13,15-17H2,1H3,(H,28,34)/t18?,19?,22-/m1/s1. The van der Waals surface area contributed by atoms with Gasteiger partial charge in [0.15, 0.2) is 0 Å². The van der Waals surface area contributed by atoms with Gasteiger partial charge in [0.05, 0.1) is 28.8 Å². The summed E-state index contributed by atoms with van der Waals surface area (Å²) < 4.78 is 5.46. The van der Waals surface area contributed by atoms with Crippen LogP contribution in [0, 0.1) is 11.3 Å². The van der Waals surface area contributed by atoms with E-state index in [1.807, 2.05) is 17.1 Å². The fourth-order valence-electron chi connectivity index (χ4n) is 5.48. The maximum Gasteiger partial charge on any atom is 0.317 e. The molecule has 2 N–H and O–H groups in total. The number of hydrogen-bond acceptors (Lipinski definition) is 5. The van der Waals surface area contributed by atoms with Gasteiger partial charge < -0.3 is 29.9 Å². The van der Waals surface area contributed by atoms with Crippen LogP contribution in [0.3, 0.4) is 0 Å². The highest BCUT2D eigenvalue weighted by Crippen LogP contribution is 2.53. The molecule has 0 bridgehead atoms. The van der Waals surface area contributed by atoms with Gasteiger partial charge in [-0.3, -0.25) is 4.79 Å². The van der Waals surface area contributed by atoms with E-state index < -0.39 is 0 Å². The number of halogens is 2. The van der Waals surface area contributed by atoms with Crippen molar-refractivity contribution in [3.8, 4) is 0 Å². The van der Waals surface area contributed by atoms with Crippen molar-refractivity contribution in [1.82, 2.24) is 20.0 Å². The van der Waals surface area contributed by atoms with Crippen molar-refractivity contribution in [1.29, 1.82) is 0 Å². The Morgan fingerprint density at radius 3 is 2.71 bits per heavy atom. The Bertz CT molecular complexity index is 847. The zero-order valence-corrected chi connectivity index (χ0v) is 22.1. The van der Waals surface area contributed by atoms with Gasteiger partial charge in [0.25, 0.3) is 0 Å². The topological polar surface area (TPSA) is 85.3 Å². The van der Waals surface area contributed by atoms with E-state index in [2.05, 4.69) is 10.2 Å². The van der Waals surface area contributed by atoms with Crippen molar-refractivity contribution in [3.63, 3.8) is 0 Å². The van der Waals surface area contributed by atoms with Gasteiger partial charge in [0, 0.05) is 52.8 Å². The fourth-order valence-corrected chi connectivity index (χ4v) is 5.89. The Labute approximate surface area is 218 Å². The van der Waals surface area contributed by atoms with E-state index in [0.29, 0.717) is 55.8 Å². The maximum absolute atomic E-state index is 13.0. The van der Waals surface area contributed by atoms with Gasteiger partial charge >= 0.3 is 6.03 Å². The number of rotatable bonds is 8. The molecule has 1 saturated carbocycles. The number of aliphatic hydroxyl groups is 1. The number of ether oxygens (including phenoxy) is 1. The first-order valence-corrected chi connectivity index (χ1v) is 13.5. The van der Waals surface area contributed by atoms with Crippen LogP contribution in [0.2, 0.25) is 0 Å². The number of β-amino-alcohol motifs (C(OH)–C–C–N with tert-alkyl or cyclic N) is 1. The Hall–Kier alpha value is -1.32. The summed E-state index contributed by atoms with van der Waals surface area (Å²) in [5, 5.41) is 14.6. The lowest BCUT2D eigenvalue weighted by atomic mass is 9.90. The molecule has 2 saturated heterocycles. The van der Waals surface area contributed by atoms with E-state index in [4.69, 9.17) is 27.9 Å². The number of amides is 3. The Morgan fingerprint density at radius 1 is 1.23 bits per heavy atom. The minimum absolute atomic E-state index is 0.0458. The zero-order valence-electron chi connectivity index (χ0n) is 20.6. The van der Waals surface area contributed by atoms with Crippen LogP contribution in [0.4, 0.5) is 4.79 Å². The minimum atomic E-state index is -0.239. The SMILES string of the molecule is COCC(CCN1CCC2(CC2)[C@H](O)C1)N1CCN(C(=O)NCC2C=C(Cl)C(Cl)=CC2)CCC1=O. The first-order valence-electron chi connectivity index (χ1n) is 12.8. The number of likely N-dealkylation sites (tertiary alicyclic amines) is 1. The molecular weight excluding hydrogens is 491 g/mol. The van der Waals surface area contributed by atoms with Gasteiger partial charge in [-0.1, -0.05) is 35.4 Å². The molecule has 0 aromatic heterocycles. The zero-order chi connectivity index (χ0) is 25.0. The quantitative estimate of drug-likeness (QED) is 0.505. The highest BCUT2D eigenvalue weighted by atomic mass is 35.5. The second-order valence-corrected chi connectivity index (χ2v) is 11.2. The third-order valence-electron chi connectivity index (χ3n) is 8.07. The highest BCUT2D eigenvalue weighted by Gasteiger charge is 2.51. The number of hydrogen-bond donors (Lipinski definition) is 2. The molecule has 3 amide bonds. The average Bonchev–Trinajstić information content (AvgIpc) is 3.64. The molecule has 0 radical (unpaired) electrons. The summed E-state index contributed by atoms with van der Waals surface area (Å²) in [7, 11) is 1.66. The molecule has 3 atom stereocenters. The highest BCUT2D eigenvalue weighted by molar-refractivity contribution is 6.44. The number of nitrogens with one attached hydrogen (secondary N) is 1. The van der Waals surface area contributed by atoms with Crippen LogP contribution < -0.4 is 5.32 Å². The van der Waals surface area contributed by atoms with Gasteiger partial charge in [-0.15, -0.1) is 0 Å². The summed E-state index contributed by atoms with van der Waals surface area (Å²) in [4.78, 5) is 31.7. The third kappa shape index (κ3) is 6.72. The number of methoxy groups -OCH3 is 1. The number of urea groups is 1. The van der Waals surface area contributed by atoms with Crippen molar-refractivity contribution in [2.24, 2.45) is 11.3 Å². The molecule has 2 aliphatic carbocycles. The molecule has 0 aromatic carbocycles. The number of carbonyl (C=O) groups excluding carboxylic acids is 2. The largest absolute Gasteiger partial charge is 0.391 e. The summed E-state index contributed by atoms with van der Waals surface area (Å²) in [5.74, 6) is 0.160. The number of carbonyl (C=O) groups is 2. The van der Waals surface area contributed by atoms with Crippen molar-refractivity contribution >= 4 is 35.1 Å². The van der Waals surface area contributed by atoms with Crippen molar-refractivity contribution in [2.45, 2.75) is 50.7 Å². The lowest BCUT2D eigenvalue weighted by Gasteiger charge is -2.38. The molecule has 2 aliphatic heterocycles. The van der Waals surface area contributed by atoms with E-state index in [9.17, 15) is 14.7 Å². The minimum Gasteiger partial charge on any atom is -0.391 e. The molecule has 3 fully saturated rings. The maximum atomic E-state index is 13.0. The Morgan fingerprint density at radius 2 is 2.03 bits per heavy atom. The molecule has 196 valence electrons. The van der Waals surface area contributed by atoms with E-state index in [-0.39, 0.29) is 35.4 Å². The number of piperidine rings is 1. The third-order valence-corrected chi connectivity index (χ3v) is 8.86. The predicted molar refractivity (Wildman–Crippen MR) is 136 cm³/mol. The summed E-state index contributed by atoms with van der Waals surface area (Å²) >= 11 is 12.1. The number of nitrogens with zero attached hydrogens (tertiary/aromatic N) is 3. The normalized spacial score (nSPS) is 27.8. The second-order valence-electron chi connectivity index (χ2n) is 10.4. The van der Waals surface area contributed by atoms with E-state index in [1.54, 1.807) is 12.0 Å². The van der Waals surface area contributed by atoms with Crippen LogP contribution >= 0.6 is 23.2 Å². The molecule has 10 heteroatoms. The average molecular weight is 530 g/mol. The lowest BCUT2D eigenvalue weighted by molar-refractivity contribution is -0.134. The summed E-state index contributed by atoms with van der Waals surface area (Å²) in [6.07, 6.45) is 8.68. The monoisotopic (exact) mass is 528 g/mol. The van der Waals surface area contributed by atoms with Gasteiger partial charge in [-0.2, -0.15) is 0 Å². The lowest BCUT2D eigenvalue weighted by Crippen LogP contribution is -2.49. The summed E-state index contributed by atoms with van der Waals surface area (Å²) in [6.45, 7) is 4.84. The van der Waals surface area contributed by atoms with Crippen LogP contribution in [0.15, 0.2) is 22.2 Å². The van der Waals surface area contributed by atoms with Crippen molar-refractivity contribution in [2.75, 3.05) is 59.5 Å². The van der Waals surface area contributed by atoms with Crippen LogP contribution in [-0.2, 0) is 9.53 Å². The molecule has 2 unspecified atom stereocenters. The van der Waals surface area contributed by atoms with Gasteiger partial charge in [0.2, 0.25) is 5.91 Å². The van der Waals surface area contributed by atoms with Gasteiger partial charge in [-0.25, -0.2) is 4.79 Å². The number of aliphatic hydroxyl groups excluding tert-OH is 1. The van der Waals surface area contributed by atoms with Gasteiger partial charge in [0.1, 0.15) is 0 Å². The summed E-state index contributed by atoms with van der Waals surface area (Å²) in [6, 6.07) is -0.208. The summed E-state index contributed by atoms with van der Waals surface area (Å²) in [5.41, 5.74) is 0.191.